The number of ether oxygens (including phenoxy) is 1. The van der Waals surface area contributed by atoms with Gasteiger partial charge in [-0.1, -0.05) is 30.3 Å². The molecule has 0 spiro atoms. The van der Waals surface area contributed by atoms with Gasteiger partial charge in [-0.2, -0.15) is 0 Å². The monoisotopic (exact) mass is 268 g/mol. The van der Waals surface area contributed by atoms with E-state index in [0.717, 1.165) is 0 Å². The molecule has 0 radical (unpaired) electrons. The summed E-state index contributed by atoms with van der Waals surface area (Å²) in [6.07, 6.45) is 0. The molecule has 0 aliphatic rings. The SMILES string of the molecule is COc1c(C(=O)c2ccccc2)ccc(O)c1O.[NaH]. The van der Waals surface area contributed by atoms with Gasteiger partial charge in [0.1, 0.15) is 0 Å². The van der Waals surface area contributed by atoms with E-state index in [2.05, 4.69) is 0 Å². The molecule has 2 aromatic carbocycles. The van der Waals surface area contributed by atoms with Crippen LogP contribution in [0.3, 0.4) is 0 Å². The second-order valence-corrected chi connectivity index (χ2v) is 3.71. The third-order valence-corrected chi connectivity index (χ3v) is 2.59. The van der Waals surface area contributed by atoms with Crippen molar-refractivity contribution in [1.29, 1.82) is 0 Å². The molecule has 0 atom stereocenters. The summed E-state index contributed by atoms with van der Waals surface area (Å²) < 4.78 is 4.97. The zero-order valence-electron chi connectivity index (χ0n) is 9.75. The second kappa shape index (κ2) is 6.61. The maximum atomic E-state index is 12.2. The van der Waals surface area contributed by atoms with Crippen molar-refractivity contribution in [1.82, 2.24) is 0 Å². The second-order valence-electron chi connectivity index (χ2n) is 3.71. The van der Waals surface area contributed by atoms with Gasteiger partial charge in [0.15, 0.2) is 17.3 Å². The van der Waals surface area contributed by atoms with E-state index >= 15 is 0 Å². The van der Waals surface area contributed by atoms with Crippen LogP contribution in [-0.2, 0) is 0 Å². The van der Waals surface area contributed by atoms with E-state index in [1.807, 2.05) is 6.07 Å². The van der Waals surface area contributed by atoms with Gasteiger partial charge in [0, 0.05) is 5.56 Å². The molecule has 0 heterocycles. The summed E-state index contributed by atoms with van der Waals surface area (Å²) in [7, 11) is 1.33. The number of phenolic OH excluding ortho intramolecular Hbond substituents is 2. The van der Waals surface area contributed by atoms with Gasteiger partial charge in [-0.3, -0.25) is 4.79 Å². The topological polar surface area (TPSA) is 66.8 Å². The average Bonchev–Trinajstić information content (AvgIpc) is 2.42. The zero-order valence-corrected chi connectivity index (χ0v) is 9.75. The molecule has 94 valence electrons. The van der Waals surface area contributed by atoms with Crippen LogP contribution in [0.1, 0.15) is 15.9 Å². The fourth-order valence-electron chi connectivity index (χ4n) is 1.69. The molecular formula is C14H13NaO4. The molecule has 2 aromatic rings. The quantitative estimate of drug-likeness (QED) is 0.505. The number of ketones is 1. The van der Waals surface area contributed by atoms with E-state index in [0.29, 0.717) is 5.56 Å². The van der Waals surface area contributed by atoms with Crippen molar-refractivity contribution in [2.24, 2.45) is 0 Å². The van der Waals surface area contributed by atoms with E-state index in [-0.39, 0.29) is 52.4 Å². The van der Waals surface area contributed by atoms with Crippen LogP contribution in [0.4, 0.5) is 0 Å². The van der Waals surface area contributed by atoms with Crippen LogP contribution in [0.5, 0.6) is 17.2 Å². The van der Waals surface area contributed by atoms with Crippen LogP contribution >= 0.6 is 0 Å². The van der Waals surface area contributed by atoms with Crippen LogP contribution in [0.2, 0.25) is 0 Å². The first-order chi connectivity index (χ1) is 8.65. The summed E-state index contributed by atoms with van der Waals surface area (Å²) in [5, 5.41) is 19.0. The van der Waals surface area contributed by atoms with E-state index < -0.39 is 5.75 Å². The fourth-order valence-corrected chi connectivity index (χ4v) is 1.69. The Morgan fingerprint density at radius 2 is 1.68 bits per heavy atom. The van der Waals surface area contributed by atoms with Gasteiger partial charge < -0.3 is 14.9 Å². The van der Waals surface area contributed by atoms with Crippen LogP contribution in [0, 0.1) is 0 Å². The molecule has 0 aromatic heterocycles. The van der Waals surface area contributed by atoms with Gasteiger partial charge in [-0.25, -0.2) is 0 Å². The molecular weight excluding hydrogens is 255 g/mol. The molecule has 4 nitrogen and oxygen atoms in total. The standard InChI is InChI=1S/C14H12O4.Na.H/c1-18-14-10(7-8-11(15)13(14)17)12(16)9-5-3-2-4-6-9;;/h2-8,15,17H,1H3;;. The van der Waals surface area contributed by atoms with Crippen molar-refractivity contribution in [3.05, 3.63) is 53.6 Å². The number of phenols is 2. The Morgan fingerprint density at radius 1 is 1.05 bits per heavy atom. The van der Waals surface area contributed by atoms with Gasteiger partial charge in [0.05, 0.1) is 12.7 Å². The molecule has 2 rings (SSSR count). The Kier molecular flexibility index (Phi) is 5.42. The number of carbonyl (C=O) groups excluding carboxylic acids is 1. The molecule has 0 unspecified atom stereocenters. The van der Waals surface area contributed by atoms with Gasteiger partial charge in [-0.05, 0) is 12.1 Å². The summed E-state index contributed by atoms with van der Waals surface area (Å²) >= 11 is 0. The van der Waals surface area contributed by atoms with Crippen molar-refractivity contribution in [3.63, 3.8) is 0 Å². The molecule has 0 aliphatic carbocycles. The maximum absolute atomic E-state index is 12.2. The summed E-state index contributed by atoms with van der Waals surface area (Å²) in [6.45, 7) is 0. The molecule has 0 fully saturated rings. The van der Waals surface area contributed by atoms with Gasteiger partial charge >= 0.3 is 29.6 Å². The normalized spacial score (nSPS) is 9.53. The Balaban J connectivity index is 0.00000180. The van der Waals surface area contributed by atoms with Crippen LogP contribution in [-0.4, -0.2) is 52.7 Å². The van der Waals surface area contributed by atoms with E-state index in [1.165, 1.54) is 19.2 Å². The van der Waals surface area contributed by atoms with Crippen LogP contribution in [0.25, 0.3) is 0 Å². The molecule has 19 heavy (non-hydrogen) atoms. The van der Waals surface area contributed by atoms with E-state index in [9.17, 15) is 15.0 Å². The third-order valence-electron chi connectivity index (χ3n) is 2.59. The summed E-state index contributed by atoms with van der Waals surface area (Å²) in [5.74, 6) is -1.05. The molecule has 0 bridgehead atoms. The number of rotatable bonds is 3. The Hall–Kier alpha value is -1.49. The zero-order chi connectivity index (χ0) is 13.1. The summed E-state index contributed by atoms with van der Waals surface area (Å²) in [5.41, 5.74) is 0.694. The molecule has 2 N–H and O–H groups in total. The number of carbonyl (C=O) groups is 1. The van der Waals surface area contributed by atoms with Crippen LogP contribution < -0.4 is 4.74 Å². The van der Waals surface area contributed by atoms with Gasteiger partial charge in [0.25, 0.3) is 0 Å². The minimum absolute atomic E-state index is 0. The molecule has 5 heteroatoms. The third kappa shape index (κ3) is 3.10. The van der Waals surface area contributed by atoms with Crippen molar-refractivity contribution in [3.8, 4) is 17.2 Å². The molecule has 0 saturated carbocycles. The Morgan fingerprint density at radius 3 is 2.26 bits per heavy atom. The molecule has 0 aliphatic heterocycles. The van der Waals surface area contributed by atoms with Crippen molar-refractivity contribution >= 4 is 35.3 Å². The first-order valence-corrected chi connectivity index (χ1v) is 5.34. The first-order valence-electron chi connectivity index (χ1n) is 5.34. The van der Waals surface area contributed by atoms with E-state index in [1.54, 1.807) is 24.3 Å². The fraction of sp³-hybridized carbons (Fsp3) is 0.0714. The number of methoxy groups -OCH3 is 1. The molecule has 0 saturated heterocycles. The Labute approximate surface area is 132 Å². The minimum atomic E-state index is -0.431. The van der Waals surface area contributed by atoms with Crippen molar-refractivity contribution < 1.29 is 19.7 Å². The summed E-state index contributed by atoms with van der Waals surface area (Å²) in [4.78, 5) is 12.2. The Bertz CT molecular complexity index is 581. The predicted molar refractivity (Wildman–Crippen MR) is 73.3 cm³/mol. The van der Waals surface area contributed by atoms with Crippen LogP contribution in [0.15, 0.2) is 42.5 Å². The number of hydrogen-bond donors (Lipinski definition) is 2. The average molecular weight is 268 g/mol. The van der Waals surface area contributed by atoms with Crippen molar-refractivity contribution in [2.75, 3.05) is 7.11 Å². The number of benzene rings is 2. The number of hydrogen-bond acceptors (Lipinski definition) is 4. The predicted octanol–water partition coefficient (Wildman–Crippen LogP) is 1.69. The van der Waals surface area contributed by atoms with E-state index in [4.69, 9.17) is 4.74 Å². The first kappa shape index (κ1) is 15.6. The van der Waals surface area contributed by atoms with Gasteiger partial charge in [0.2, 0.25) is 5.75 Å². The van der Waals surface area contributed by atoms with Crippen molar-refractivity contribution in [2.45, 2.75) is 0 Å². The number of aromatic hydroxyl groups is 2. The molecule has 0 amide bonds. The summed E-state index contributed by atoms with van der Waals surface area (Å²) in [6, 6.07) is 11.3. The van der Waals surface area contributed by atoms with Gasteiger partial charge in [-0.15, -0.1) is 0 Å².